The third kappa shape index (κ3) is 5.06. The predicted molar refractivity (Wildman–Crippen MR) is 93.3 cm³/mol. The predicted octanol–water partition coefficient (Wildman–Crippen LogP) is 1.57. The average molecular weight is 360 g/mol. The SMILES string of the molecule is Cl.O=C(CN1CCNCC1)N1CCOC(c2ccc(Cl)cc2)C1. The Morgan fingerprint density at radius 2 is 1.91 bits per heavy atom. The molecule has 1 aromatic carbocycles. The highest BCUT2D eigenvalue weighted by molar-refractivity contribution is 6.30. The van der Waals surface area contributed by atoms with Gasteiger partial charge in [-0.2, -0.15) is 0 Å². The van der Waals surface area contributed by atoms with Gasteiger partial charge in [-0.05, 0) is 17.7 Å². The van der Waals surface area contributed by atoms with Crippen LogP contribution in [0.25, 0.3) is 0 Å². The number of nitrogens with one attached hydrogen (secondary N) is 1. The molecule has 0 spiro atoms. The number of hydrogen-bond donors (Lipinski definition) is 1. The molecule has 3 rings (SSSR count). The molecule has 0 bridgehead atoms. The van der Waals surface area contributed by atoms with Gasteiger partial charge in [-0.15, -0.1) is 12.4 Å². The molecule has 128 valence electrons. The van der Waals surface area contributed by atoms with Gasteiger partial charge in [0.1, 0.15) is 6.10 Å². The minimum Gasteiger partial charge on any atom is -0.370 e. The third-order valence-electron chi connectivity index (χ3n) is 4.23. The summed E-state index contributed by atoms with van der Waals surface area (Å²) in [6.07, 6.45) is -0.0574. The lowest BCUT2D eigenvalue weighted by Crippen LogP contribution is -2.50. The van der Waals surface area contributed by atoms with Crippen molar-refractivity contribution < 1.29 is 9.53 Å². The van der Waals surface area contributed by atoms with Gasteiger partial charge in [-0.25, -0.2) is 0 Å². The van der Waals surface area contributed by atoms with Gasteiger partial charge in [0.15, 0.2) is 0 Å². The van der Waals surface area contributed by atoms with E-state index in [1.165, 1.54) is 0 Å². The fraction of sp³-hybridized carbons (Fsp3) is 0.562. The topological polar surface area (TPSA) is 44.8 Å². The van der Waals surface area contributed by atoms with Crippen LogP contribution in [0.1, 0.15) is 11.7 Å². The number of morpholine rings is 1. The van der Waals surface area contributed by atoms with E-state index >= 15 is 0 Å². The maximum atomic E-state index is 12.5. The van der Waals surface area contributed by atoms with Crippen LogP contribution in [0.4, 0.5) is 0 Å². The van der Waals surface area contributed by atoms with Gasteiger partial charge in [-0.3, -0.25) is 9.69 Å². The second-order valence-electron chi connectivity index (χ2n) is 5.78. The van der Waals surface area contributed by atoms with Crippen LogP contribution in [0, 0.1) is 0 Å². The largest absolute Gasteiger partial charge is 0.370 e. The van der Waals surface area contributed by atoms with Crippen molar-refractivity contribution in [3.63, 3.8) is 0 Å². The van der Waals surface area contributed by atoms with Crippen molar-refractivity contribution in [3.05, 3.63) is 34.9 Å². The van der Waals surface area contributed by atoms with Gasteiger partial charge in [0.25, 0.3) is 0 Å². The van der Waals surface area contributed by atoms with Crippen LogP contribution in [-0.2, 0) is 9.53 Å². The summed E-state index contributed by atoms with van der Waals surface area (Å²) in [7, 11) is 0. The summed E-state index contributed by atoms with van der Waals surface area (Å²) >= 11 is 5.92. The molecule has 1 amide bonds. The molecule has 5 nitrogen and oxygen atoms in total. The number of rotatable bonds is 3. The summed E-state index contributed by atoms with van der Waals surface area (Å²) in [6, 6.07) is 7.66. The van der Waals surface area contributed by atoms with Crippen LogP contribution >= 0.6 is 24.0 Å². The fourth-order valence-electron chi connectivity index (χ4n) is 2.92. The zero-order valence-electron chi connectivity index (χ0n) is 13.0. The first-order chi connectivity index (χ1) is 10.7. The number of halogens is 2. The van der Waals surface area contributed by atoms with Crippen LogP contribution in [0.2, 0.25) is 5.02 Å². The summed E-state index contributed by atoms with van der Waals surface area (Å²) in [6.45, 7) is 6.19. The maximum absolute atomic E-state index is 12.5. The molecule has 2 aliphatic rings. The average Bonchev–Trinajstić information content (AvgIpc) is 2.56. The highest BCUT2D eigenvalue weighted by Gasteiger charge is 2.26. The fourth-order valence-corrected chi connectivity index (χ4v) is 3.04. The Morgan fingerprint density at radius 3 is 2.61 bits per heavy atom. The van der Waals surface area contributed by atoms with Gasteiger partial charge in [0.05, 0.1) is 19.7 Å². The molecule has 1 N–H and O–H groups in total. The second kappa shape index (κ2) is 8.85. The molecule has 0 aromatic heterocycles. The number of carbonyl (C=O) groups is 1. The van der Waals surface area contributed by atoms with Crippen LogP contribution in [0.3, 0.4) is 0 Å². The van der Waals surface area contributed by atoms with Crippen molar-refractivity contribution in [1.29, 1.82) is 0 Å². The Hall–Kier alpha value is -0.850. The molecule has 0 radical (unpaired) electrons. The van der Waals surface area contributed by atoms with Crippen molar-refractivity contribution in [2.45, 2.75) is 6.10 Å². The summed E-state index contributed by atoms with van der Waals surface area (Å²) in [5.41, 5.74) is 1.07. The quantitative estimate of drug-likeness (QED) is 0.889. The van der Waals surface area contributed by atoms with E-state index in [1.807, 2.05) is 29.2 Å². The normalized spacial score (nSPS) is 22.5. The number of amides is 1. The van der Waals surface area contributed by atoms with Crippen LogP contribution in [0.15, 0.2) is 24.3 Å². The minimum atomic E-state index is -0.0574. The highest BCUT2D eigenvalue weighted by Crippen LogP contribution is 2.23. The van der Waals surface area contributed by atoms with Crippen LogP contribution in [-0.4, -0.2) is 68.1 Å². The minimum absolute atomic E-state index is 0. The van der Waals surface area contributed by atoms with E-state index in [2.05, 4.69) is 10.2 Å². The zero-order chi connectivity index (χ0) is 15.4. The van der Waals surface area contributed by atoms with Gasteiger partial charge in [0, 0.05) is 37.7 Å². The summed E-state index contributed by atoms with van der Waals surface area (Å²) in [4.78, 5) is 16.6. The summed E-state index contributed by atoms with van der Waals surface area (Å²) < 4.78 is 5.81. The Kier molecular flexibility index (Phi) is 7.11. The van der Waals surface area contributed by atoms with Gasteiger partial charge < -0.3 is 15.0 Å². The molecule has 2 saturated heterocycles. The number of benzene rings is 1. The van der Waals surface area contributed by atoms with Gasteiger partial charge in [0.2, 0.25) is 5.91 Å². The molecule has 7 heteroatoms. The van der Waals surface area contributed by atoms with E-state index in [1.54, 1.807) is 0 Å². The van der Waals surface area contributed by atoms with E-state index in [0.717, 1.165) is 31.7 Å². The highest BCUT2D eigenvalue weighted by atomic mass is 35.5. The number of carbonyl (C=O) groups excluding carboxylic acids is 1. The lowest BCUT2D eigenvalue weighted by atomic mass is 10.1. The van der Waals surface area contributed by atoms with E-state index in [9.17, 15) is 4.79 Å². The Balaban J connectivity index is 0.00000192. The number of piperazine rings is 1. The molecule has 2 fully saturated rings. The standard InChI is InChI=1S/C16H22ClN3O2.ClH/c17-14-3-1-13(2-4-14)15-11-20(9-10-22-15)16(21)12-19-7-5-18-6-8-19;/h1-4,15,18H,5-12H2;1H. The Labute approximate surface area is 148 Å². The molecule has 1 atom stereocenters. The van der Waals surface area contributed by atoms with Crippen LogP contribution < -0.4 is 5.32 Å². The van der Waals surface area contributed by atoms with E-state index in [4.69, 9.17) is 16.3 Å². The van der Waals surface area contributed by atoms with Crippen molar-refractivity contribution in [3.8, 4) is 0 Å². The van der Waals surface area contributed by atoms with Gasteiger partial charge in [-0.1, -0.05) is 23.7 Å². The van der Waals surface area contributed by atoms with Crippen molar-refractivity contribution >= 4 is 29.9 Å². The van der Waals surface area contributed by atoms with Crippen molar-refractivity contribution in [2.24, 2.45) is 0 Å². The molecular weight excluding hydrogens is 337 g/mol. The molecule has 0 aliphatic carbocycles. The van der Waals surface area contributed by atoms with Crippen molar-refractivity contribution in [1.82, 2.24) is 15.1 Å². The van der Waals surface area contributed by atoms with Crippen LogP contribution in [0.5, 0.6) is 0 Å². The first kappa shape index (κ1) is 18.5. The summed E-state index contributed by atoms with van der Waals surface area (Å²) in [5, 5.41) is 4.02. The smallest absolute Gasteiger partial charge is 0.236 e. The van der Waals surface area contributed by atoms with Crippen molar-refractivity contribution in [2.75, 3.05) is 52.4 Å². The van der Waals surface area contributed by atoms with Gasteiger partial charge >= 0.3 is 0 Å². The van der Waals surface area contributed by atoms with E-state index in [-0.39, 0.29) is 24.4 Å². The second-order valence-corrected chi connectivity index (χ2v) is 6.21. The molecule has 1 unspecified atom stereocenters. The Bertz CT molecular complexity index is 507. The maximum Gasteiger partial charge on any atom is 0.236 e. The molecule has 0 saturated carbocycles. The van der Waals surface area contributed by atoms with E-state index < -0.39 is 0 Å². The molecule has 23 heavy (non-hydrogen) atoms. The number of hydrogen-bond acceptors (Lipinski definition) is 4. The third-order valence-corrected chi connectivity index (χ3v) is 4.48. The first-order valence-electron chi connectivity index (χ1n) is 7.80. The molecule has 1 aromatic rings. The van der Waals surface area contributed by atoms with E-state index in [0.29, 0.717) is 31.3 Å². The monoisotopic (exact) mass is 359 g/mol. The molecule has 2 aliphatic heterocycles. The summed E-state index contributed by atoms with van der Waals surface area (Å²) in [5.74, 6) is 0.198. The lowest BCUT2D eigenvalue weighted by molar-refractivity contribution is -0.140. The number of ether oxygens (including phenoxy) is 1. The Morgan fingerprint density at radius 1 is 1.22 bits per heavy atom. The zero-order valence-corrected chi connectivity index (χ0v) is 14.6. The first-order valence-corrected chi connectivity index (χ1v) is 8.18. The molecular formula is C16H23Cl2N3O2. The lowest BCUT2D eigenvalue weighted by Gasteiger charge is -2.35. The molecule has 2 heterocycles. The number of nitrogens with zero attached hydrogens (tertiary/aromatic N) is 2.